The van der Waals surface area contributed by atoms with Crippen LogP contribution in [0.15, 0.2) is 24.4 Å². The fourth-order valence-electron chi connectivity index (χ4n) is 3.64. The summed E-state index contributed by atoms with van der Waals surface area (Å²) in [7, 11) is 0. The molecule has 7 heteroatoms. The number of hydrogen-bond donors (Lipinski definition) is 3. The third-order valence-corrected chi connectivity index (χ3v) is 5.31. The summed E-state index contributed by atoms with van der Waals surface area (Å²) in [5, 5.41) is 24.7. The van der Waals surface area contributed by atoms with Crippen LogP contribution in [0.5, 0.6) is 17.2 Å². The van der Waals surface area contributed by atoms with Crippen molar-refractivity contribution >= 4 is 16.9 Å². The third-order valence-electron chi connectivity index (χ3n) is 5.31. The maximum atomic E-state index is 11.0. The number of carbonyl (C=O) groups is 1. The molecule has 2 aromatic heterocycles. The normalized spacial score (nSPS) is 16.7. The SMILES string of the molecule is O=C(O)CCn1nc(C2CC2)c(Oc2ccc(O)c3[nH]ccc23)c1C1CC1. The smallest absolute Gasteiger partial charge is 0.305 e. The lowest BCUT2D eigenvalue weighted by atomic mass is 10.1. The highest BCUT2D eigenvalue weighted by atomic mass is 16.5. The number of fused-ring (bicyclic) bond motifs is 1. The molecule has 2 aliphatic carbocycles. The molecule has 0 radical (unpaired) electrons. The van der Waals surface area contributed by atoms with Gasteiger partial charge < -0.3 is 19.9 Å². The predicted octanol–water partition coefficient (Wildman–Crippen LogP) is 4.09. The van der Waals surface area contributed by atoms with Gasteiger partial charge in [0.05, 0.1) is 24.2 Å². The minimum atomic E-state index is -0.824. The number of nitrogens with one attached hydrogen (secondary N) is 1. The van der Waals surface area contributed by atoms with E-state index in [1.165, 1.54) is 0 Å². The number of benzene rings is 1. The van der Waals surface area contributed by atoms with E-state index in [4.69, 9.17) is 14.9 Å². The number of phenolic OH excluding ortho intramolecular Hbond substituents is 1. The molecule has 0 unspecified atom stereocenters. The topological polar surface area (TPSA) is 100 Å². The van der Waals surface area contributed by atoms with E-state index < -0.39 is 5.97 Å². The molecule has 1 aromatic carbocycles. The fourth-order valence-corrected chi connectivity index (χ4v) is 3.64. The number of rotatable bonds is 7. The molecule has 5 rings (SSSR count). The van der Waals surface area contributed by atoms with Crippen LogP contribution in [-0.2, 0) is 11.3 Å². The van der Waals surface area contributed by atoms with Crippen LogP contribution in [0.4, 0.5) is 0 Å². The summed E-state index contributed by atoms with van der Waals surface area (Å²) in [5.41, 5.74) is 2.61. The number of H-pyrrole nitrogens is 1. The summed E-state index contributed by atoms with van der Waals surface area (Å²) in [6.07, 6.45) is 6.16. The molecule has 3 N–H and O–H groups in total. The number of hydrogen-bond acceptors (Lipinski definition) is 4. The zero-order valence-electron chi connectivity index (χ0n) is 14.8. The van der Waals surface area contributed by atoms with Crippen molar-refractivity contribution in [3.8, 4) is 17.2 Å². The van der Waals surface area contributed by atoms with Gasteiger partial charge in [0.15, 0.2) is 5.75 Å². The van der Waals surface area contributed by atoms with E-state index in [1.807, 2.05) is 10.7 Å². The van der Waals surface area contributed by atoms with Crippen molar-refractivity contribution in [1.82, 2.24) is 14.8 Å². The highest BCUT2D eigenvalue weighted by Crippen LogP contribution is 2.52. The molecule has 2 aliphatic rings. The summed E-state index contributed by atoms with van der Waals surface area (Å²) in [5.74, 6) is 1.60. The van der Waals surface area contributed by atoms with Crippen molar-refractivity contribution in [3.63, 3.8) is 0 Å². The minimum Gasteiger partial charge on any atom is -0.506 e. The monoisotopic (exact) mass is 367 g/mol. The van der Waals surface area contributed by atoms with E-state index in [-0.39, 0.29) is 12.2 Å². The van der Waals surface area contributed by atoms with E-state index in [0.717, 1.165) is 48.2 Å². The van der Waals surface area contributed by atoms with Crippen LogP contribution in [0.25, 0.3) is 10.9 Å². The highest BCUT2D eigenvalue weighted by Gasteiger charge is 2.38. The first kappa shape index (κ1) is 16.2. The Labute approximate surface area is 155 Å². The number of carboxylic acid groups (broad SMARTS) is 1. The fraction of sp³-hybridized carbons (Fsp3) is 0.400. The maximum Gasteiger partial charge on any atom is 0.305 e. The lowest BCUT2D eigenvalue weighted by Crippen LogP contribution is -2.09. The average Bonchev–Trinajstić information content (AvgIpc) is 3.57. The van der Waals surface area contributed by atoms with Crippen LogP contribution in [0.3, 0.4) is 0 Å². The molecule has 0 atom stereocenters. The Morgan fingerprint density at radius 3 is 2.70 bits per heavy atom. The average molecular weight is 367 g/mol. The maximum absolute atomic E-state index is 11.0. The Bertz CT molecular complexity index is 1030. The van der Waals surface area contributed by atoms with Gasteiger partial charge in [0.25, 0.3) is 0 Å². The van der Waals surface area contributed by atoms with E-state index in [9.17, 15) is 9.90 Å². The van der Waals surface area contributed by atoms with Crippen LogP contribution in [0.1, 0.15) is 55.3 Å². The zero-order valence-corrected chi connectivity index (χ0v) is 14.8. The van der Waals surface area contributed by atoms with Crippen LogP contribution in [0.2, 0.25) is 0 Å². The van der Waals surface area contributed by atoms with E-state index in [2.05, 4.69) is 4.98 Å². The summed E-state index contributed by atoms with van der Waals surface area (Å²) in [6.45, 7) is 0.361. The standard InChI is InChI=1S/C20H21N3O4/c24-14-5-6-15(13-7-9-21-18(13)14)27-20-17(11-1-2-11)22-23(10-8-16(25)26)19(20)12-3-4-12/h5-7,9,11-12,21,24H,1-4,8,10H2,(H,25,26). The Kier molecular flexibility index (Phi) is 3.63. The third kappa shape index (κ3) is 2.93. The first-order chi connectivity index (χ1) is 13.1. The second-order valence-electron chi connectivity index (χ2n) is 7.47. The second kappa shape index (κ2) is 6.04. The number of ether oxygens (including phenoxy) is 1. The molecule has 2 fully saturated rings. The Hall–Kier alpha value is -2.96. The van der Waals surface area contributed by atoms with Crippen molar-refractivity contribution in [1.29, 1.82) is 0 Å². The number of nitrogens with zero attached hydrogens (tertiary/aromatic N) is 2. The van der Waals surface area contributed by atoms with Gasteiger partial charge in [-0.25, -0.2) is 0 Å². The van der Waals surface area contributed by atoms with Gasteiger partial charge in [-0.2, -0.15) is 5.10 Å². The van der Waals surface area contributed by atoms with Gasteiger partial charge in [0, 0.05) is 23.4 Å². The molecule has 0 aliphatic heterocycles. The summed E-state index contributed by atoms with van der Waals surface area (Å²) >= 11 is 0. The van der Waals surface area contributed by atoms with Crippen LogP contribution < -0.4 is 4.74 Å². The number of carboxylic acids is 1. The Morgan fingerprint density at radius 2 is 2.00 bits per heavy atom. The molecule has 140 valence electrons. The van der Waals surface area contributed by atoms with Crippen molar-refractivity contribution in [2.75, 3.05) is 0 Å². The largest absolute Gasteiger partial charge is 0.506 e. The number of aromatic nitrogens is 3. The van der Waals surface area contributed by atoms with Crippen molar-refractivity contribution in [2.45, 2.75) is 50.5 Å². The molecule has 0 saturated heterocycles. The quantitative estimate of drug-likeness (QED) is 0.584. The minimum absolute atomic E-state index is 0.0478. The second-order valence-corrected chi connectivity index (χ2v) is 7.47. The molecule has 0 bridgehead atoms. The summed E-state index contributed by atoms with van der Waals surface area (Å²) in [6, 6.07) is 5.27. The number of aromatic amines is 1. The molecular formula is C20H21N3O4. The Balaban J connectivity index is 1.58. The van der Waals surface area contributed by atoms with Gasteiger partial charge in [-0.15, -0.1) is 0 Å². The predicted molar refractivity (Wildman–Crippen MR) is 98.5 cm³/mol. The number of aryl methyl sites for hydroxylation is 1. The molecule has 27 heavy (non-hydrogen) atoms. The highest BCUT2D eigenvalue weighted by molar-refractivity contribution is 5.90. The molecule has 2 heterocycles. The van der Waals surface area contributed by atoms with Crippen LogP contribution >= 0.6 is 0 Å². The molecule has 2 saturated carbocycles. The van der Waals surface area contributed by atoms with Crippen molar-refractivity contribution in [2.24, 2.45) is 0 Å². The van der Waals surface area contributed by atoms with Crippen molar-refractivity contribution in [3.05, 3.63) is 35.8 Å². The zero-order chi connectivity index (χ0) is 18.5. The van der Waals surface area contributed by atoms with Gasteiger partial charge in [-0.3, -0.25) is 9.48 Å². The molecule has 7 nitrogen and oxygen atoms in total. The lowest BCUT2D eigenvalue weighted by Gasteiger charge is -2.11. The molecule has 0 amide bonds. The van der Waals surface area contributed by atoms with Crippen LogP contribution in [0, 0.1) is 0 Å². The Morgan fingerprint density at radius 1 is 1.22 bits per heavy atom. The summed E-state index contributed by atoms with van der Waals surface area (Å²) < 4.78 is 8.25. The molecule has 0 spiro atoms. The number of aliphatic carboxylic acids is 1. The van der Waals surface area contributed by atoms with Gasteiger partial charge in [0.2, 0.25) is 0 Å². The number of phenols is 1. The molecule has 3 aromatic rings. The van der Waals surface area contributed by atoms with E-state index in [0.29, 0.717) is 29.6 Å². The lowest BCUT2D eigenvalue weighted by molar-refractivity contribution is -0.137. The first-order valence-electron chi connectivity index (χ1n) is 9.41. The van der Waals surface area contributed by atoms with Gasteiger partial charge >= 0.3 is 5.97 Å². The van der Waals surface area contributed by atoms with Crippen LogP contribution in [-0.4, -0.2) is 30.9 Å². The van der Waals surface area contributed by atoms with Gasteiger partial charge in [-0.05, 0) is 43.9 Å². The van der Waals surface area contributed by atoms with Gasteiger partial charge in [-0.1, -0.05) is 0 Å². The number of aromatic hydroxyl groups is 1. The summed E-state index contributed by atoms with van der Waals surface area (Å²) in [4.78, 5) is 14.1. The van der Waals surface area contributed by atoms with E-state index >= 15 is 0 Å². The van der Waals surface area contributed by atoms with Gasteiger partial charge in [0.1, 0.15) is 17.2 Å². The van der Waals surface area contributed by atoms with E-state index in [1.54, 1.807) is 18.3 Å². The molecular weight excluding hydrogens is 346 g/mol. The van der Waals surface area contributed by atoms with Crippen molar-refractivity contribution < 1.29 is 19.7 Å². The first-order valence-corrected chi connectivity index (χ1v) is 9.41.